The summed E-state index contributed by atoms with van der Waals surface area (Å²) in [5.41, 5.74) is -1.80. The van der Waals surface area contributed by atoms with Gasteiger partial charge in [-0.15, -0.1) is 0 Å². The van der Waals surface area contributed by atoms with Gasteiger partial charge in [0.15, 0.2) is 11.5 Å². The van der Waals surface area contributed by atoms with Gasteiger partial charge in [-0.1, -0.05) is 0 Å². The van der Waals surface area contributed by atoms with Gasteiger partial charge in [0.1, 0.15) is 18.1 Å². The molecule has 0 aliphatic carbocycles. The summed E-state index contributed by atoms with van der Waals surface area (Å²) >= 11 is 0. The van der Waals surface area contributed by atoms with Gasteiger partial charge in [-0.25, -0.2) is 9.48 Å². The first-order valence-corrected chi connectivity index (χ1v) is 8.72. The SMILES string of the molecule is CCOC(=O)C1=C(C(F)(F)F)Nc2ncnn2[C@H]1c1ccc(OC)c(OC)c1OC. The average molecular weight is 428 g/mol. The number of benzene rings is 1. The number of anilines is 1. The van der Waals surface area contributed by atoms with Crippen molar-refractivity contribution in [1.29, 1.82) is 0 Å². The zero-order chi connectivity index (χ0) is 22.1. The Balaban J connectivity index is 2.35. The molecule has 0 bridgehead atoms. The number of hydrogen-bond donors (Lipinski definition) is 1. The summed E-state index contributed by atoms with van der Waals surface area (Å²) in [4.78, 5) is 16.5. The maximum Gasteiger partial charge on any atom is 0.431 e. The molecule has 1 N–H and O–H groups in total. The van der Waals surface area contributed by atoms with Crippen molar-refractivity contribution in [2.24, 2.45) is 0 Å². The van der Waals surface area contributed by atoms with E-state index in [1.54, 1.807) is 0 Å². The highest BCUT2D eigenvalue weighted by Crippen LogP contribution is 2.48. The van der Waals surface area contributed by atoms with Crippen LogP contribution in [0.4, 0.5) is 19.1 Å². The molecule has 1 aliphatic heterocycles. The van der Waals surface area contributed by atoms with Crippen molar-refractivity contribution in [2.45, 2.75) is 19.1 Å². The number of aromatic nitrogens is 3. The van der Waals surface area contributed by atoms with Gasteiger partial charge in [-0.2, -0.15) is 23.3 Å². The van der Waals surface area contributed by atoms with Crippen LogP contribution in [0, 0.1) is 0 Å². The Hall–Kier alpha value is -3.44. The minimum Gasteiger partial charge on any atom is -0.493 e. The fourth-order valence-corrected chi connectivity index (χ4v) is 3.24. The van der Waals surface area contributed by atoms with E-state index in [4.69, 9.17) is 18.9 Å². The van der Waals surface area contributed by atoms with E-state index in [2.05, 4.69) is 15.4 Å². The maximum absolute atomic E-state index is 13.9. The van der Waals surface area contributed by atoms with Gasteiger partial charge in [-0.05, 0) is 19.1 Å². The van der Waals surface area contributed by atoms with Crippen LogP contribution in [0.2, 0.25) is 0 Å². The smallest absolute Gasteiger partial charge is 0.431 e. The Kier molecular flexibility index (Phi) is 5.76. The second-order valence-corrected chi connectivity index (χ2v) is 5.99. The molecule has 0 saturated heterocycles. The Morgan fingerprint density at radius 2 is 1.87 bits per heavy atom. The molecule has 9 nitrogen and oxygen atoms in total. The molecule has 1 aromatic carbocycles. The number of carbonyl (C=O) groups excluding carboxylic acids is 1. The molecule has 12 heteroatoms. The number of allylic oxidation sites excluding steroid dienone is 1. The second-order valence-electron chi connectivity index (χ2n) is 5.99. The van der Waals surface area contributed by atoms with Crippen LogP contribution < -0.4 is 19.5 Å². The molecular weight excluding hydrogens is 409 g/mol. The fraction of sp³-hybridized carbons (Fsp3) is 0.389. The zero-order valence-electron chi connectivity index (χ0n) is 16.5. The van der Waals surface area contributed by atoms with Gasteiger partial charge in [0.2, 0.25) is 11.7 Å². The first-order valence-electron chi connectivity index (χ1n) is 8.72. The number of methoxy groups -OCH3 is 3. The molecule has 0 radical (unpaired) electrons. The van der Waals surface area contributed by atoms with Crippen LogP contribution in [0.1, 0.15) is 18.5 Å². The number of rotatable bonds is 6. The molecule has 1 atom stereocenters. The third-order valence-electron chi connectivity index (χ3n) is 4.41. The van der Waals surface area contributed by atoms with Gasteiger partial charge in [0, 0.05) is 5.56 Å². The molecule has 0 amide bonds. The van der Waals surface area contributed by atoms with Crippen LogP contribution in [0.25, 0.3) is 0 Å². The number of nitrogens with zero attached hydrogens (tertiary/aromatic N) is 3. The van der Waals surface area contributed by atoms with Gasteiger partial charge in [0.25, 0.3) is 0 Å². The van der Waals surface area contributed by atoms with Crippen LogP contribution in [0.5, 0.6) is 17.2 Å². The highest BCUT2D eigenvalue weighted by Gasteiger charge is 2.47. The molecule has 162 valence electrons. The van der Waals surface area contributed by atoms with Crippen molar-refractivity contribution in [3.05, 3.63) is 35.3 Å². The topological polar surface area (TPSA) is 96.7 Å². The van der Waals surface area contributed by atoms with Crippen molar-refractivity contribution < 1.29 is 36.9 Å². The molecular formula is C18H19F3N4O5. The number of nitrogens with one attached hydrogen (secondary N) is 1. The van der Waals surface area contributed by atoms with Crippen LogP contribution in [-0.2, 0) is 9.53 Å². The minimum atomic E-state index is -4.89. The lowest BCUT2D eigenvalue weighted by Crippen LogP contribution is -2.35. The van der Waals surface area contributed by atoms with Crippen molar-refractivity contribution in [2.75, 3.05) is 33.3 Å². The van der Waals surface area contributed by atoms with Gasteiger partial charge in [-0.3, -0.25) is 0 Å². The summed E-state index contributed by atoms with van der Waals surface area (Å²) in [6.07, 6.45) is -3.81. The Morgan fingerprint density at radius 1 is 1.17 bits per heavy atom. The largest absolute Gasteiger partial charge is 0.493 e. The monoisotopic (exact) mass is 428 g/mol. The van der Waals surface area contributed by atoms with E-state index in [0.29, 0.717) is 5.75 Å². The van der Waals surface area contributed by atoms with E-state index in [0.717, 1.165) is 11.0 Å². The highest BCUT2D eigenvalue weighted by molar-refractivity contribution is 5.93. The first kappa shape index (κ1) is 21.3. The Bertz CT molecular complexity index is 987. The maximum atomic E-state index is 13.9. The standard InChI is InChI=1S/C18H19F3N4O5/c1-5-30-16(26)11-12(9-6-7-10(27-2)14(29-4)13(9)28-3)25-17(22-8-23-25)24-15(11)18(19,20)21/h6-8,12H,5H2,1-4H3,(H,22,23,24)/t12-/m0/s1. The highest BCUT2D eigenvalue weighted by atomic mass is 19.4. The van der Waals surface area contributed by atoms with Gasteiger partial charge >= 0.3 is 12.1 Å². The minimum absolute atomic E-state index is 0.0773. The number of carbonyl (C=O) groups is 1. The van der Waals surface area contributed by atoms with Crippen LogP contribution in [-0.4, -0.2) is 54.8 Å². The molecule has 2 aromatic rings. The molecule has 1 aliphatic rings. The average Bonchev–Trinajstić information content (AvgIpc) is 3.19. The number of alkyl halides is 3. The molecule has 0 spiro atoms. The molecule has 3 rings (SSSR count). The summed E-state index contributed by atoms with van der Waals surface area (Å²) in [6.45, 7) is 1.38. The normalized spacial score (nSPS) is 15.9. The van der Waals surface area contributed by atoms with Crippen molar-refractivity contribution in [1.82, 2.24) is 14.8 Å². The summed E-state index contributed by atoms with van der Waals surface area (Å²) in [7, 11) is 4.09. The number of halogens is 3. The van der Waals surface area contributed by atoms with E-state index in [1.165, 1.54) is 40.4 Å². The third-order valence-corrected chi connectivity index (χ3v) is 4.41. The van der Waals surface area contributed by atoms with E-state index in [-0.39, 0.29) is 29.6 Å². The van der Waals surface area contributed by atoms with Gasteiger partial charge < -0.3 is 24.3 Å². The molecule has 2 heterocycles. The summed E-state index contributed by atoms with van der Waals surface area (Å²) in [6, 6.07) is 1.61. The number of ether oxygens (including phenoxy) is 4. The van der Waals surface area contributed by atoms with E-state index >= 15 is 0 Å². The van der Waals surface area contributed by atoms with Crippen LogP contribution in [0.15, 0.2) is 29.7 Å². The quantitative estimate of drug-likeness (QED) is 0.702. The van der Waals surface area contributed by atoms with Crippen LogP contribution >= 0.6 is 0 Å². The van der Waals surface area contributed by atoms with E-state index < -0.39 is 29.5 Å². The fourth-order valence-electron chi connectivity index (χ4n) is 3.24. The Morgan fingerprint density at radius 3 is 2.43 bits per heavy atom. The second kappa shape index (κ2) is 8.13. The number of esters is 1. The van der Waals surface area contributed by atoms with E-state index in [1.807, 2.05) is 0 Å². The summed E-state index contributed by atoms with van der Waals surface area (Å²) in [5, 5.41) is 6.14. The summed E-state index contributed by atoms with van der Waals surface area (Å²) < 4.78 is 63.7. The van der Waals surface area contributed by atoms with Crippen molar-refractivity contribution in [3.63, 3.8) is 0 Å². The predicted octanol–water partition coefficient (Wildman–Crippen LogP) is 2.70. The first-order chi connectivity index (χ1) is 14.3. The molecule has 0 unspecified atom stereocenters. The molecule has 1 aromatic heterocycles. The predicted molar refractivity (Wildman–Crippen MR) is 97.6 cm³/mol. The van der Waals surface area contributed by atoms with Crippen LogP contribution in [0.3, 0.4) is 0 Å². The lowest BCUT2D eigenvalue weighted by atomic mass is 9.93. The number of hydrogen-bond acceptors (Lipinski definition) is 8. The lowest BCUT2D eigenvalue weighted by Gasteiger charge is -2.31. The van der Waals surface area contributed by atoms with Gasteiger partial charge in [0.05, 0.1) is 33.5 Å². The van der Waals surface area contributed by atoms with Crippen molar-refractivity contribution >= 4 is 11.9 Å². The molecule has 0 saturated carbocycles. The third kappa shape index (κ3) is 3.48. The van der Waals surface area contributed by atoms with E-state index in [9.17, 15) is 18.0 Å². The van der Waals surface area contributed by atoms with Crippen molar-refractivity contribution in [3.8, 4) is 17.2 Å². The summed E-state index contributed by atoms with van der Waals surface area (Å²) in [5.74, 6) is -0.830. The zero-order valence-corrected chi connectivity index (χ0v) is 16.5. The molecule has 0 fully saturated rings. The molecule has 30 heavy (non-hydrogen) atoms. The lowest BCUT2D eigenvalue weighted by molar-refractivity contribution is -0.140. The number of fused-ring (bicyclic) bond motifs is 1. The Labute approximate surface area is 169 Å².